The van der Waals surface area contributed by atoms with Gasteiger partial charge in [0, 0.05) is 15.2 Å². The molecule has 0 saturated heterocycles. The van der Waals surface area contributed by atoms with Crippen LogP contribution in [0.4, 0.5) is 0 Å². The largest absolute Gasteiger partial charge is 0.268 e. The van der Waals surface area contributed by atoms with E-state index in [0.717, 1.165) is 3.57 Å². The standard InChI is InChI=1S/C15H9IN2O2S/c16-13-10-18(14-8-4-5-11(9-17)15(13)14)21(19,20)12-6-2-1-3-7-12/h1-8,10H. The lowest BCUT2D eigenvalue weighted by atomic mass is 10.1. The summed E-state index contributed by atoms with van der Waals surface area (Å²) >= 11 is 2.05. The second-order valence-electron chi connectivity index (χ2n) is 4.40. The highest BCUT2D eigenvalue weighted by atomic mass is 127. The molecule has 0 saturated carbocycles. The van der Waals surface area contributed by atoms with Gasteiger partial charge in [-0.05, 0) is 46.9 Å². The maximum absolute atomic E-state index is 12.7. The normalized spacial score (nSPS) is 11.4. The molecule has 1 aromatic heterocycles. The summed E-state index contributed by atoms with van der Waals surface area (Å²) in [5.74, 6) is 0. The molecule has 0 radical (unpaired) electrons. The summed E-state index contributed by atoms with van der Waals surface area (Å²) in [5, 5.41) is 9.84. The molecule has 1 heterocycles. The van der Waals surface area contributed by atoms with Crippen LogP contribution in [0.15, 0.2) is 59.6 Å². The first kappa shape index (κ1) is 14.1. The number of rotatable bonds is 2. The Morgan fingerprint density at radius 2 is 1.76 bits per heavy atom. The van der Waals surface area contributed by atoms with Crippen LogP contribution in [-0.4, -0.2) is 12.4 Å². The Morgan fingerprint density at radius 1 is 1.05 bits per heavy atom. The molecule has 2 aromatic carbocycles. The number of fused-ring (bicyclic) bond motifs is 1. The van der Waals surface area contributed by atoms with E-state index in [4.69, 9.17) is 0 Å². The summed E-state index contributed by atoms with van der Waals surface area (Å²) in [6, 6.07) is 15.4. The van der Waals surface area contributed by atoms with Crippen molar-refractivity contribution in [1.82, 2.24) is 3.97 Å². The summed E-state index contributed by atoms with van der Waals surface area (Å²) in [6.45, 7) is 0. The molecule has 0 atom stereocenters. The molecule has 0 unspecified atom stereocenters. The fourth-order valence-corrected chi connectivity index (χ4v) is 4.63. The van der Waals surface area contributed by atoms with Gasteiger partial charge in [0.05, 0.1) is 22.0 Å². The van der Waals surface area contributed by atoms with E-state index >= 15 is 0 Å². The van der Waals surface area contributed by atoms with E-state index < -0.39 is 10.0 Å². The molecule has 3 aromatic rings. The van der Waals surface area contributed by atoms with E-state index in [9.17, 15) is 13.7 Å². The molecular formula is C15H9IN2O2S. The van der Waals surface area contributed by atoms with Gasteiger partial charge in [-0.25, -0.2) is 12.4 Å². The van der Waals surface area contributed by atoms with Crippen molar-refractivity contribution in [2.45, 2.75) is 4.90 Å². The molecular weight excluding hydrogens is 399 g/mol. The Hall–Kier alpha value is -1.85. The van der Waals surface area contributed by atoms with Crippen molar-refractivity contribution in [3.8, 4) is 6.07 Å². The van der Waals surface area contributed by atoms with E-state index in [0.29, 0.717) is 16.5 Å². The van der Waals surface area contributed by atoms with Gasteiger partial charge in [-0.3, -0.25) is 0 Å². The van der Waals surface area contributed by atoms with Crippen LogP contribution in [0.2, 0.25) is 0 Å². The number of nitrogens with zero attached hydrogens (tertiary/aromatic N) is 2. The predicted octanol–water partition coefficient (Wildman–Crippen LogP) is 3.35. The van der Waals surface area contributed by atoms with E-state index in [1.165, 1.54) is 3.97 Å². The maximum atomic E-state index is 12.7. The van der Waals surface area contributed by atoms with Crippen LogP contribution in [0.3, 0.4) is 0 Å². The van der Waals surface area contributed by atoms with Crippen LogP contribution in [0, 0.1) is 14.9 Å². The third-order valence-electron chi connectivity index (χ3n) is 3.17. The van der Waals surface area contributed by atoms with Gasteiger partial charge >= 0.3 is 0 Å². The Bertz CT molecular complexity index is 970. The highest BCUT2D eigenvalue weighted by Crippen LogP contribution is 2.29. The number of hydrogen-bond acceptors (Lipinski definition) is 3. The average molecular weight is 408 g/mol. The minimum Gasteiger partial charge on any atom is -0.240 e. The minimum absolute atomic E-state index is 0.223. The zero-order valence-electron chi connectivity index (χ0n) is 10.7. The second kappa shape index (κ2) is 5.16. The quantitative estimate of drug-likeness (QED) is 0.611. The molecule has 0 bridgehead atoms. The average Bonchev–Trinajstić information content (AvgIpc) is 2.86. The van der Waals surface area contributed by atoms with E-state index in [1.807, 2.05) is 0 Å². The number of benzene rings is 2. The Morgan fingerprint density at radius 3 is 2.43 bits per heavy atom. The molecule has 6 heteroatoms. The molecule has 21 heavy (non-hydrogen) atoms. The number of nitriles is 1. The fourth-order valence-electron chi connectivity index (χ4n) is 2.21. The van der Waals surface area contributed by atoms with Crippen molar-refractivity contribution in [2.75, 3.05) is 0 Å². The summed E-state index contributed by atoms with van der Waals surface area (Å²) < 4.78 is 27.4. The van der Waals surface area contributed by atoms with Crippen molar-refractivity contribution < 1.29 is 8.42 Å². The lowest BCUT2D eigenvalue weighted by Gasteiger charge is -2.07. The highest BCUT2D eigenvalue weighted by Gasteiger charge is 2.21. The van der Waals surface area contributed by atoms with Gasteiger partial charge in [-0.1, -0.05) is 24.3 Å². The van der Waals surface area contributed by atoms with Crippen LogP contribution < -0.4 is 0 Å². The van der Waals surface area contributed by atoms with E-state index in [2.05, 4.69) is 28.7 Å². The molecule has 0 aliphatic heterocycles. The van der Waals surface area contributed by atoms with Crippen molar-refractivity contribution in [3.63, 3.8) is 0 Å². The third kappa shape index (κ3) is 2.22. The topological polar surface area (TPSA) is 62.9 Å². The van der Waals surface area contributed by atoms with Crippen molar-refractivity contribution in [3.05, 3.63) is 63.9 Å². The Balaban J connectivity index is 2.36. The summed E-state index contributed by atoms with van der Waals surface area (Å²) in [4.78, 5) is 0.223. The van der Waals surface area contributed by atoms with Crippen LogP contribution in [0.1, 0.15) is 5.56 Å². The summed E-state index contributed by atoms with van der Waals surface area (Å²) in [5.41, 5.74) is 0.987. The molecule has 0 aliphatic rings. The molecule has 0 N–H and O–H groups in total. The SMILES string of the molecule is N#Cc1cccc2c1c(I)cn2S(=O)(=O)c1ccccc1. The smallest absolute Gasteiger partial charge is 0.240 e. The van der Waals surface area contributed by atoms with E-state index in [-0.39, 0.29) is 4.90 Å². The zero-order chi connectivity index (χ0) is 15.0. The molecule has 0 amide bonds. The number of hydrogen-bond donors (Lipinski definition) is 0. The van der Waals surface area contributed by atoms with Crippen LogP contribution in [0.25, 0.3) is 10.9 Å². The second-order valence-corrected chi connectivity index (χ2v) is 7.38. The van der Waals surface area contributed by atoms with Gasteiger partial charge in [0.25, 0.3) is 10.0 Å². The molecule has 104 valence electrons. The Kier molecular flexibility index (Phi) is 3.47. The van der Waals surface area contributed by atoms with Crippen molar-refractivity contribution in [1.29, 1.82) is 5.26 Å². The lowest BCUT2D eigenvalue weighted by molar-refractivity contribution is 0.589. The number of aromatic nitrogens is 1. The zero-order valence-corrected chi connectivity index (χ0v) is 13.7. The molecule has 0 fully saturated rings. The first-order valence-corrected chi connectivity index (χ1v) is 8.58. The van der Waals surface area contributed by atoms with Gasteiger partial charge in [-0.2, -0.15) is 5.26 Å². The van der Waals surface area contributed by atoms with Crippen LogP contribution in [0.5, 0.6) is 0 Å². The molecule has 0 aliphatic carbocycles. The van der Waals surface area contributed by atoms with Gasteiger partial charge in [-0.15, -0.1) is 0 Å². The van der Waals surface area contributed by atoms with Gasteiger partial charge in [0.15, 0.2) is 0 Å². The third-order valence-corrected chi connectivity index (χ3v) is 5.68. The summed E-state index contributed by atoms with van der Waals surface area (Å²) in [6.07, 6.45) is 1.55. The van der Waals surface area contributed by atoms with Gasteiger partial charge < -0.3 is 0 Å². The molecule has 0 spiro atoms. The summed E-state index contributed by atoms with van der Waals surface area (Å²) in [7, 11) is -3.67. The highest BCUT2D eigenvalue weighted by molar-refractivity contribution is 14.1. The lowest BCUT2D eigenvalue weighted by Crippen LogP contribution is -2.11. The first-order valence-electron chi connectivity index (χ1n) is 6.06. The van der Waals surface area contributed by atoms with Crippen molar-refractivity contribution >= 4 is 43.5 Å². The van der Waals surface area contributed by atoms with Gasteiger partial charge in [0.1, 0.15) is 0 Å². The molecule has 3 rings (SSSR count). The van der Waals surface area contributed by atoms with E-state index in [1.54, 1.807) is 54.7 Å². The van der Waals surface area contributed by atoms with Crippen molar-refractivity contribution in [2.24, 2.45) is 0 Å². The predicted molar refractivity (Wildman–Crippen MR) is 88.4 cm³/mol. The van der Waals surface area contributed by atoms with Crippen LogP contribution >= 0.6 is 22.6 Å². The first-order chi connectivity index (χ1) is 10.1. The molecule has 4 nitrogen and oxygen atoms in total. The monoisotopic (exact) mass is 408 g/mol. The van der Waals surface area contributed by atoms with Crippen LogP contribution in [-0.2, 0) is 10.0 Å². The fraction of sp³-hybridized carbons (Fsp3) is 0. The minimum atomic E-state index is -3.67. The maximum Gasteiger partial charge on any atom is 0.268 e. The van der Waals surface area contributed by atoms with Gasteiger partial charge in [0.2, 0.25) is 0 Å². The Labute approximate surface area is 135 Å². The number of halogens is 1.